The van der Waals surface area contributed by atoms with Crippen molar-refractivity contribution in [1.82, 2.24) is 0 Å². The average molecular weight is 545 g/mol. The number of carbonyl (C=O) groups is 3. The Bertz CT molecular complexity index is 1110. The molecule has 39 heavy (non-hydrogen) atoms. The maximum absolute atomic E-state index is 14.5. The Morgan fingerprint density at radius 2 is 1.74 bits per heavy atom. The molecule has 0 aromatic carbocycles. The summed E-state index contributed by atoms with van der Waals surface area (Å²) in [5, 5.41) is 22.2. The molecule has 218 valence electrons. The second-order valence-electron chi connectivity index (χ2n) is 15.0. The van der Waals surface area contributed by atoms with Crippen molar-refractivity contribution in [2.24, 2.45) is 56.7 Å². The van der Waals surface area contributed by atoms with Crippen LogP contribution in [0.2, 0.25) is 0 Å². The van der Waals surface area contributed by atoms with Crippen molar-refractivity contribution in [1.29, 1.82) is 0 Å². The van der Waals surface area contributed by atoms with E-state index in [1.807, 2.05) is 13.8 Å². The van der Waals surface area contributed by atoms with Gasteiger partial charge >= 0.3 is 11.9 Å². The van der Waals surface area contributed by atoms with Gasteiger partial charge in [0.1, 0.15) is 6.10 Å². The highest BCUT2D eigenvalue weighted by atomic mass is 16.6. The SMILES string of the molecule is CC(=O)O[C@@H]1C[C@@]23COC[C@](C)([C@@H]2CC[C@H]2C3=CC(=O)[C@@]3(C)[C@H](C(=O)O)[C@@](C)([C@H](C)C(C)C)CC[C@]23C)[C@H]1O. The summed E-state index contributed by atoms with van der Waals surface area (Å²) in [6, 6.07) is 0. The molecule has 0 spiro atoms. The van der Waals surface area contributed by atoms with E-state index in [4.69, 9.17) is 9.47 Å². The molecule has 4 fully saturated rings. The summed E-state index contributed by atoms with van der Waals surface area (Å²) < 4.78 is 11.9. The van der Waals surface area contributed by atoms with Crippen LogP contribution in [0.1, 0.15) is 87.5 Å². The number of ketones is 1. The average Bonchev–Trinajstić information content (AvgIpc) is 2.84. The van der Waals surface area contributed by atoms with Crippen LogP contribution in [0.5, 0.6) is 0 Å². The van der Waals surface area contributed by atoms with Crippen LogP contribution >= 0.6 is 0 Å². The van der Waals surface area contributed by atoms with Gasteiger partial charge in [-0.25, -0.2) is 0 Å². The number of carboxylic acid groups (broad SMARTS) is 1. The van der Waals surface area contributed by atoms with E-state index in [-0.39, 0.29) is 23.5 Å². The van der Waals surface area contributed by atoms with Crippen LogP contribution < -0.4 is 0 Å². The fourth-order valence-corrected chi connectivity index (χ4v) is 10.7. The van der Waals surface area contributed by atoms with Crippen molar-refractivity contribution in [3.8, 4) is 0 Å². The number of carboxylic acids is 1. The summed E-state index contributed by atoms with van der Waals surface area (Å²) in [5.41, 5.74) is -2.17. The fourth-order valence-electron chi connectivity index (χ4n) is 10.7. The molecule has 4 aliphatic carbocycles. The number of rotatable bonds is 4. The molecule has 5 rings (SSSR count). The van der Waals surface area contributed by atoms with Crippen LogP contribution in [-0.4, -0.2) is 53.4 Å². The first-order valence-electron chi connectivity index (χ1n) is 14.9. The van der Waals surface area contributed by atoms with Crippen molar-refractivity contribution < 1.29 is 34.1 Å². The molecule has 7 nitrogen and oxygen atoms in total. The molecule has 2 N–H and O–H groups in total. The number of aliphatic carboxylic acids is 1. The van der Waals surface area contributed by atoms with Crippen molar-refractivity contribution in [3.63, 3.8) is 0 Å². The predicted molar refractivity (Wildman–Crippen MR) is 146 cm³/mol. The zero-order chi connectivity index (χ0) is 28.9. The molecule has 0 unspecified atom stereocenters. The topological polar surface area (TPSA) is 110 Å². The molecule has 3 saturated carbocycles. The van der Waals surface area contributed by atoms with Gasteiger partial charge < -0.3 is 19.7 Å². The summed E-state index contributed by atoms with van der Waals surface area (Å²) in [6.07, 6.45) is 3.94. The third-order valence-corrected chi connectivity index (χ3v) is 13.3. The number of aliphatic hydroxyl groups excluding tert-OH is 1. The predicted octanol–water partition coefficient (Wildman–Crippen LogP) is 5.05. The van der Waals surface area contributed by atoms with Crippen molar-refractivity contribution in [3.05, 3.63) is 11.6 Å². The molecule has 5 aliphatic rings. The monoisotopic (exact) mass is 544 g/mol. The highest BCUT2D eigenvalue weighted by Crippen LogP contribution is 2.74. The van der Waals surface area contributed by atoms with Gasteiger partial charge in [-0.05, 0) is 72.7 Å². The zero-order valence-electron chi connectivity index (χ0n) is 25.0. The van der Waals surface area contributed by atoms with Gasteiger partial charge in [-0.2, -0.15) is 0 Å². The lowest BCUT2D eigenvalue weighted by Crippen LogP contribution is -2.71. The largest absolute Gasteiger partial charge is 0.481 e. The molecule has 0 aromatic rings. The summed E-state index contributed by atoms with van der Waals surface area (Å²) in [7, 11) is 0. The Labute approximate surface area is 233 Å². The van der Waals surface area contributed by atoms with Gasteiger partial charge in [-0.3, -0.25) is 14.4 Å². The van der Waals surface area contributed by atoms with E-state index in [0.29, 0.717) is 25.6 Å². The van der Waals surface area contributed by atoms with Gasteiger partial charge in [0.25, 0.3) is 0 Å². The van der Waals surface area contributed by atoms with E-state index in [1.54, 1.807) is 6.08 Å². The minimum Gasteiger partial charge on any atom is -0.481 e. The summed E-state index contributed by atoms with van der Waals surface area (Å²) in [5.74, 6) is -1.63. The van der Waals surface area contributed by atoms with Crippen LogP contribution in [-0.2, 0) is 23.9 Å². The Hall–Kier alpha value is -1.73. The van der Waals surface area contributed by atoms with E-state index < -0.39 is 57.1 Å². The summed E-state index contributed by atoms with van der Waals surface area (Å²) in [6.45, 7) is 16.8. The normalized spacial score (nSPS) is 49.7. The first-order chi connectivity index (χ1) is 18.0. The Morgan fingerprint density at radius 1 is 1.08 bits per heavy atom. The lowest BCUT2D eigenvalue weighted by molar-refractivity contribution is -0.255. The molecule has 0 amide bonds. The Balaban J connectivity index is 1.67. The number of esters is 1. The molecule has 0 aromatic heterocycles. The van der Waals surface area contributed by atoms with Crippen molar-refractivity contribution in [2.75, 3.05) is 13.2 Å². The van der Waals surface area contributed by atoms with Gasteiger partial charge in [0, 0.05) is 23.2 Å². The van der Waals surface area contributed by atoms with E-state index >= 15 is 0 Å². The van der Waals surface area contributed by atoms with Crippen molar-refractivity contribution >= 4 is 17.7 Å². The van der Waals surface area contributed by atoms with Gasteiger partial charge in [-0.15, -0.1) is 0 Å². The van der Waals surface area contributed by atoms with Crippen molar-refractivity contribution in [2.45, 2.75) is 99.7 Å². The molecule has 1 aliphatic heterocycles. The van der Waals surface area contributed by atoms with Crippen LogP contribution in [0, 0.1) is 56.7 Å². The van der Waals surface area contributed by atoms with Gasteiger partial charge in [-0.1, -0.05) is 54.0 Å². The van der Waals surface area contributed by atoms with Crippen LogP contribution in [0.3, 0.4) is 0 Å². The summed E-state index contributed by atoms with van der Waals surface area (Å²) in [4.78, 5) is 39.7. The number of carbonyl (C=O) groups excluding carboxylic acids is 2. The molecule has 7 heteroatoms. The van der Waals surface area contributed by atoms with Gasteiger partial charge in [0.15, 0.2) is 5.78 Å². The molecular weight excluding hydrogens is 496 g/mol. The van der Waals surface area contributed by atoms with E-state index in [9.17, 15) is 24.6 Å². The highest BCUT2D eigenvalue weighted by Gasteiger charge is 2.73. The van der Waals surface area contributed by atoms with Gasteiger partial charge in [0.05, 0.1) is 25.2 Å². The number of fused-ring (bicyclic) bond motifs is 3. The van der Waals surface area contributed by atoms with Crippen LogP contribution in [0.25, 0.3) is 0 Å². The Kier molecular flexibility index (Phi) is 6.56. The number of hydrogen-bond acceptors (Lipinski definition) is 6. The molecule has 2 bridgehead atoms. The molecular formula is C32H48O7. The smallest absolute Gasteiger partial charge is 0.308 e. The van der Waals surface area contributed by atoms with Gasteiger partial charge in [0.2, 0.25) is 0 Å². The Morgan fingerprint density at radius 3 is 2.33 bits per heavy atom. The quantitative estimate of drug-likeness (QED) is 0.477. The first-order valence-corrected chi connectivity index (χ1v) is 14.9. The number of aliphatic hydroxyl groups is 1. The third-order valence-electron chi connectivity index (χ3n) is 13.3. The van der Waals surface area contributed by atoms with Crippen LogP contribution in [0.4, 0.5) is 0 Å². The molecule has 1 heterocycles. The zero-order valence-corrected chi connectivity index (χ0v) is 25.0. The third kappa shape index (κ3) is 3.50. The number of hydrogen-bond donors (Lipinski definition) is 2. The lowest BCUT2D eigenvalue weighted by Gasteiger charge is -2.70. The van der Waals surface area contributed by atoms with E-state index in [2.05, 4.69) is 34.6 Å². The molecule has 1 saturated heterocycles. The number of allylic oxidation sites excluding steroid dienone is 1. The lowest BCUT2D eigenvalue weighted by atomic mass is 9.34. The maximum atomic E-state index is 14.5. The van der Waals surface area contributed by atoms with E-state index in [0.717, 1.165) is 31.3 Å². The fraction of sp³-hybridized carbons (Fsp3) is 0.844. The molecule has 0 radical (unpaired) electrons. The minimum atomic E-state index is -1.05. The second kappa shape index (κ2) is 8.88. The standard InChI is InChI=1S/C32H48O7/c1-17(2)18(3)28(5)11-12-30(7)20-9-10-23-29(6)15-38-16-32(23,14-22(26(29)35)39-19(4)33)21(20)13-24(34)31(30,8)25(28)27(36)37/h13,17-18,20,22-23,25-26,35H,9-12,14-16H2,1-8H3,(H,36,37)/t18-,20+,22-,23+,25-,26+,28-,29-,30-,31+,32+/m1/s1. The number of ether oxygens (including phenoxy) is 2. The second-order valence-corrected chi connectivity index (χ2v) is 15.0. The minimum absolute atomic E-state index is 0.0244. The summed E-state index contributed by atoms with van der Waals surface area (Å²) >= 11 is 0. The maximum Gasteiger partial charge on any atom is 0.308 e. The van der Waals surface area contributed by atoms with Crippen LogP contribution in [0.15, 0.2) is 11.6 Å². The first kappa shape index (κ1) is 28.8. The molecule has 11 atom stereocenters. The highest BCUT2D eigenvalue weighted by molar-refractivity contribution is 6.00. The van der Waals surface area contributed by atoms with E-state index in [1.165, 1.54) is 6.92 Å².